The molecule has 0 radical (unpaired) electrons. The number of anilines is 1. The normalized spacial score (nSPS) is 10.4. The smallest absolute Gasteiger partial charge is 0.181 e. The SMILES string of the molecule is CCN(CC)c1ccc(N=Nn2cnc(C#N)c2C#N)cc1. The van der Waals surface area contributed by atoms with Gasteiger partial charge in [0.05, 0.1) is 5.69 Å². The molecule has 7 nitrogen and oxygen atoms in total. The third kappa shape index (κ3) is 3.10. The summed E-state index contributed by atoms with van der Waals surface area (Å²) in [5, 5.41) is 25.8. The molecule has 1 heterocycles. The van der Waals surface area contributed by atoms with Crippen LogP contribution in [0.1, 0.15) is 25.2 Å². The summed E-state index contributed by atoms with van der Waals surface area (Å²) in [6.45, 7) is 6.09. The Labute approximate surface area is 128 Å². The van der Waals surface area contributed by atoms with Crippen molar-refractivity contribution in [3.05, 3.63) is 42.0 Å². The highest BCUT2D eigenvalue weighted by molar-refractivity contribution is 5.52. The molecule has 0 saturated heterocycles. The van der Waals surface area contributed by atoms with Crippen molar-refractivity contribution in [2.75, 3.05) is 18.0 Å². The molecule has 0 fully saturated rings. The first-order valence-electron chi connectivity index (χ1n) is 6.88. The monoisotopic (exact) mass is 293 g/mol. The van der Waals surface area contributed by atoms with E-state index < -0.39 is 0 Å². The Morgan fingerprint density at radius 1 is 1.14 bits per heavy atom. The number of nitrogens with zero attached hydrogens (tertiary/aromatic N) is 7. The quantitative estimate of drug-likeness (QED) is 0.792. The average Bonchev–Trinajstić information content (AvgIpc) is 2.97. The maximum absolute atomic E-state index is 9.00. The zero-order valence-corrected chi connectivity index (χ0v) is 12.4. The fourth-order valence-electron chi connectivity index (χ4n) is 2.01. The fraction of sp³-hybridized carbons (Fsp3) is 0.267. The van der Waals surface area contributed by atoms with Gasteiger partial charge in [0, 0.05) is 18.8 Å². The van der Waals surface area contributed by atoms with E-state index in [1.165, 1.54) is 11.0 Å². The zero-order valence-electron chi connectivity index (χ0n) is 12.4. The molecule has 0 bridgehead atoms. The third-order valence-corrected chi connectivity index (χ3v) is 3.20. The highest BCUT2D eigenvalue weighted by Crippen LogP contribution is 2.20. The van der Waals surface area contributed by atoms with Crippen LogP contribution in [0.5, 0.6) is 0 Å². The highest BCUT2D eigenvalue weighted by Gasteiger charge is 2.09. The summed E-state index contributed by atoms with van der Waals surface area (Å²) < 4.78 is 1.19. The van der Waals surface area contributed by atoms with E-state index in [-0.39, 0.29) is 11.4 Å². The molecule has 0 aliphatic carbocycles. The number of nitriles is 2. The van der Waals surface area contributed by atoms with E-state index >= 15 is 0 Å². The summed E-state index contributed by atoms with van der Waals surface area (Å²) in [7, 11) is 0. The van der Waals surface area contributed by atoms with Gasteiger partial charge in [-0.25, -0.2) is 4.98 Å². The van der Waals surface area contributed by atoms with E-state index in [1.807, 2.05) is 36.4 Å². The lowest BCUT2D eigenvalue weighted by Crippen LogP contribution is -2.21. The Hall–Kier alpha value is -3.19. The van der Waals surface area contributed by atoms with Gasteiger partial charge in [-0.3, -0.25) is 0 Å². The molecule has 0 amide bonds. The summed E-state index contributed by atoms with van der Waals surface area (Å²) in [4.78, 5) is 6.02. The van der Waals surface area contributed by atoms with Crippen molar-refractivity contribution in [2.45, 2.75) is 13.8 Å². The first kappa shape index (κ1) is 15.2. The van der Waals surface area contributed by atoms with Crippen LogP contribution in [0.2, 0.25) is 0 Å². The lowest BCUT2D eigenvalue weighted by atomic mass is 10.2. The molecular formula is C15H15N7. The van der Waals surface area contributed by atoms with Crippen molar-refractivity contribution in [2.24, 2.45) is 10.3 Å². The predicted molar refractivity (Wildman–Crippen MR) is 81.6 cm³/mol. The van der Waals surface area contributed by atoms with Gasteiger partial charge in [-0.05, 0) is 38.1 Å². The van der Waals surface area contributed by atoms with Crippen LogP contribution < -0.4 is 4.90 Å². The molecule has 2 rings (SSSR count). The Balaban J connectivity index is 2.20. The van der Waals surface area contributed by atoms with E-state index in [2.05, 4.69) is 34.1 Å². The Bertz CT molecular complexity index is 740. The molecule has 0 atom stereocenters. The topological polar surface area (TPSA) is 93.4 Å². The van der Waals surface area contributed by atoms with Gasteiger partial charge in [-0.15, -0.1) is 5.11 Å². The van der Waals surface area contributed by atoms with E-state index in [0.29, 0.717) is 5.69 Å². The van der Waals surface area contributed by atoms with E-state index in [1.54, 1.807) is 0 Å². The van der Waals surface area contributed by atoms with Crippen LogP contribution in [-0.4, -0.2) is 22.7 Å². The van der Waals surface area contributed by atoms with Crippen molar-refractivity contribution >= 4 is 11.4 Å². The minimum Gasteiger partial charge on any atom is -0.372 e. The molecule has 22 heavy (non-hydrogen) atoms. The van der Waals surface area contributed by atoms with Crippen LogP contribution in [0.25, 0.3) is 0 Å². The summed E-state index contributed by atoms with van der Waals surface area (Å²) in [5.41, 5.74) is 1.90. The molecule has 0 aliphatic heterocycles. The van der Waals surface area contributed by atoms with Crippen LogP contribution in [0.3, 0.4) is 0 Å². The number of aromatic nitrogens is 2. The van der Waals surface area contributed by atoms with Gasteiger partial charge in [0.25, 0.3) is 0 Å². The van der Waals surface area contributed by atoms with Crippen LogP contribution >= 0.6 is 0 Å². The van der Waals surface area contributed by atoms with Crippen LogP contribution in [0.15, 0.2) is 40.9 Å². The number of rotatable bonds is 5. The van der Waals surface area contributed by atoms with Crippen molar-refractivity contribution in [3.8, 4) is 12.1 Å². The number of hydrogen-bond donors (Lipinski definition) is 0. The average molecular weight is 293 g/mol. The van der Waals surface area contributed by atoms with Crippen molar-refractivity contribution in [1.82, 2.24) is 9.66 Å². The van der Waals surface area contributed by atoms with Crippen molar-refractivity contribution in [3.63, 3.8) is 0 Å². The maximum atomic E-state index is 9.00. The summed E-state index contributed by atoms with van der Waals surface area (Å²) in [6, 6.07) is 11.4. The van der Waals surface area contributed by atoms with E-state index in [4.69, 9.17) is 10.5 Å². The summed E-state index contributed by atoms with van der Waals surface area (Å²) in [6.07, 6.45) is 1.30. The second kappa shape index (κ2) is 7.00. The summed E-state index contributed by atoms with van der Waals surface area (Å²) >= 11 is 0. The van der Waals surface area contributed by atoms with Gasteiger partial charge in [-0.2, -0.15) is 15.2 Å². The fourth-order valence-corrected chi connectivity index (χ4v) is 2.01. The third-order valence-electron chi connectivity index (χ3n) is 3.20. The highest BCUT2D eigenvalue weighted by atomic mass is 15.5. The minimum absolute atomic E-state index is 0.0401. The molecular weight excluding hydrogens is 278 g/mol. The predicted octanol–water partition coefficient (Wildman–Crippen LogP) is 3.02. The van der Waals surface area contributed by atoms with Crippen molar-refractivity contribution in [1.29, 1.82) is 10.5 Å². The standard InChI is InChI=1S/C15H15N7/c1-3-21(4-2)13-7-5-12(6-8-13)19-20-22-11-18-14(9-16)15(22)10-17/h5-8,11H,3-4H2,1-2H3. The molecule has 0 saturated carbocycles. The second-order valence-corrected chi connectivity index (χ2v) is 4.39. The summed E-state index contributed by atoms with van der Waals surface area (Å²) in [5.74, 6) is 0. The minimum atomic E-state index is 0.0401. The second-order valence-electron chi connectivity index (χ2n) is 4.39. The first-order chi connectivity index (χ1) is 10.7. The number of imidazole rings is 1. The van der Waals surface area contributed by atoms with E-state index in [9.17, 15) is 0 Å². The van der Waals surface area contributed by atoms with E-state index in [0.717, 1.165) is 18.8 Å². The number of benzene rings is 1. The zero-order chi connectivity index (χ0) is 15.9. The molecule has 110 valence electrons. The molecule has 0 aliphatic rings. The Morgan fingerprint density at radius 2 is 1.82 bits per heavy atom. The van der Waals surface area contributed by atoms with Crippen molar-refractivity contribution < 1.29 is 0 Å². The molecule has 1 aromatic carbocycles. The first-order valence-corrected chi connectivity index (χ1v) is 6.88. The van der Waals surface area contributed by atoms with Gasteiger partial charge < -0.3 is 4.90 Å². The molecule has 0 N–H and O–H groups in total. The molecule has 0 spiro atoms. The van der Waals surface area contributed by atoms with Crippen LogP contribution in [0.4, 0.5) is 11.4 Å². The van der Waals surface area contributed by atoms with Gasteiger partial charge >= 0.3 is 0 Å². The molecule has 2 aromatic rings. The van der Waals surface area contributed by atoms with Gasteiger partial charge in [-0.1, -0.05) is 5.22 Å². The van der Waals surface area contributed by atoms with Gasteiger partial charge in [0.15, 0.2) is 11.4 Å². The molecule has 7 heteroatoms. The maximum Gasteiger partial charge on any atom is 0.181 e. The van der Waals surface area contributed by atoms with Crippen LogP contribution in [-0.2, 0) is 0 Å². The Kier molecular flexibility index (Phi) is 4.84. The largest absolute Gasteiger partial charge is 0.372 e. The Morgan fingerprint density at radius 3 is 2.36 bits per heavy atom. The van der Waals surface area contributed by atoms with Crippen LogP contribution in [0, 0.1) is 22.7 Å². The van der Waals surface area contributed by atoms with Gasteiger partial charge in [0.1, 0.15) is 18.5 Å². The number of hydrogen-bond acceptors (Lipinski definition) is 6. The molecule has 1 aromatic heterocycles. The van der Waals surface area contributed by atoms with Gasteiger partial charge in [0.2, 0.25) is 0 Å². The lowest BCUT2D eigenvalue weighted by molar-refractivity contribution is 0.790. The lowest BCUT2D eigenvalue weighted by Gasteiger charge is -2.20. The molecule has 0 unspecified atom stereocenters.